The summed E-state index contributed by atoms with van der Waals surface area (Å²) in [6, 6.07) is 0. The number of allylic oxidation sites excluding steroid dienone is 1. The van der Waals surface area contributed by atoms with Crippen molar-refractivity contribution >= 4 is 5.97 Å². The highest BCUT2D eigenvalue weighted by atomic mass is 16.5. The number of rotatable bonds is 14. The molecule has 118 valence electrons. The van der Waals surface area contributed by atoms with Crippen molar-refractivity contribution in [1.82, 2.24) is 0 Å². The van der Waals surface area contributed by atoms with Gasteiger partial charge < -0.3 is 4.74 Å². The van der Waals surface area contributed by atoms with Crippen LogP contribution in [-0.4, -0.2) is 12.6 Å². The monoisotopic (exact) mass is 282 g/mol. The van der Waals surface area contributed by atoms with Crippen LogP contribution in [0.2, 0.25) is 0 Å². The zero-order valence-corrected chi connectivity index (χ0v) is 13.7. The van der Waals surface area contributed by atoms with Crippen LogP contribution in [-0.2, 0) is 9.53 Å². The molecule has 0 N–H and O–H groups in total. The second kappa shape index (κ2) is 16.3. The van der Waals surface area contributed by atoms with Crippen molar-refractivity contribution in [3.8, 4) is 0 Å². The smallest absolute Gasteiger partial charge is 0.302 e. The Labute approximate surface area is 126 Å². The van der Waals surface area contributed by atoms with Crippen LogP contribution >= 0.6 is 0 Å². The maximum absolute atomic E-state index is 10.5. The first-order valence-electron chi connectivity index (χ1n) is 8.55. The van der Waals surface area contributed by atoms with E-state index >= 15 is 0 Å². The molecule has 0 aliphatic rings. The van der Waals surface area contributed by atoms with Crippen LogP contribution < -0.4 is 0 Å². The van der Waals surface area contributed by atoms with Crippen LogP contribution in [0, 0.1) is 0 Å². The van der Waals surface area contributed by atoms with Gasteiger partial charge in [0.05, 0.1) is 0 Å². The summed E-state index contributed by atoms with van der Waals surface area (Å²) in [5.74, 6) is -0.204. The van der Waals surface area contributed by atoms with Crippen molar-refractivity contribution in [2.75, 3.05) is 6.61 Å². The number of carbonyl (C=O) groups is 1. The third-order valence-electron chi connectivity index (χ3n) is 3.52. The van der Waals surface area contributed by atoms with Crippen molar-refractivity contribution in [1.29, 1.82) is 0 Å². The van der Waals surface area contributed by atoms with E-state index in [1.165, 1.54) is 77.6 Å². The van der Waals surface area contributed by atoms with Crippen LogP contribution in [0.4, 0.5) is 0 Å². The van der Waals surface area contributed by atoms with Crippen molar-refractivity contribution in [3.63, 3.8) is 0 Å². The van der Waals surface area contributed by atoms with Gasteiger partial charge in [-0.1, -0.05) is 83.3 Å². The molecule has 0 saturated carbocycles. The molecular weight excluding hydrogens is 248 g/mol. The lowest BCUT2D eigenvalue weighted by molar-refractivity contribution is -0.139. The fourth-order valence-electron chi connectivity index (χ4n) is 2.28. The minimum atomic E-state index is -0.204. The van der Waals surface area contributed by atoms with Gasteiger partial charge >= 0.3 is 5.97 Å². The zero-order valence-electron chi connectivity index (χ0n) is 13.7. The van der Waals surface area contributed by atoms with Gasteiger partial charge in [0.1, 0.15) is 6.61 Å². The van der Waals surface area contributed by atoms with E-state index in [1.807, 2.05) is 6.08 Å². The molecule has 0 aromatic rings. The molecule has 0 radical (unpaired) electrons. The van der Waals surface area contributed by atoms with E-state index in [9.17, 15) is 4.79 Å². The highest BCUT2D eigenvalue weighted by molar-refractivity contribution is 5.65. The molecule has 0 aliphatic heterocycles. The first-order chi connectivity index (χ1) is 9.77. The van der Waals surface area contributed by atoms with E-state index in [1.54, 1.807) is 0 Å². The van der Waals surface area contributed by atoms with Crippen LogP contribution in [0.3, 0.4) is 0 Å². The van der Waals surface area contributed by atoms with Crippen molar-refractivity contribution in [3.05, 3.63) is 12.2 Å². The van der Waals surface area contributed by atoms with Gasteiger partial charge in [-0.15, -0.1) is 0 Å². The minimum Gasteiger partial charge on any atom is -0.462 e. The molecule has 0 heterocycles. The normalized spacial score (nSPS) is 11.1. The maximum Gasteiger partial charge on any atom is 0.302 e. The summed E-state index contributed by atoms with van der Waals surface area (Å²) in [5, 5.41) is 0. The van der Waals surface area contributed by atoms with Crippen molar-refractivity contribution in [2.24, 2.45) is 0 Å². The van der Waals surface area contributed by atoms with Gasteiger partial charge in [0.25, 0.3) is 0 Å². The SMILES string of the molecule is CCCCCCCCCCCCCC=CCOC(C)=O. The van der Waals surface area contributed by atoms with Gasteiger partial charge in [-0.25, -0.2) is 0 Å². The highest BCUT2D eigenvalue weighted by Gasteiger charge is 1.92. The Balaban J connectivity index is 3.04. The third-order valence-corrected chi connectivity index (χ3v) is 3.52. The summed E-state index contributed by atoms with van der Waals surface area (Å²) in [7, 11) is 0. The van der Waals surface area contributed by atoms with Crippen LogP contribution in [0.5, 0.6) is 0 Å². The lowest BCUT2D eigenvalue weighted by Gasteiger charge is -2.01. The molecular formula is C18H34O2. The molecule has 0 amide bonds. The first-order valence-corrected chi connectivity index (χ1v) is 8.55. The summed E-state index contributed by atoms with van der Waals surface area (Å²) in [5.41, 5.74) is 0. The molecule has 20 heavy (non-hydrogen) atoms. The van der Waals surface area contributed by atoms with E-state index in [0.717, 1.165) is 6.42 Å². The predicted octanol–water partition coefficient (Wildman–Crippen LogP) is 5.81. The Morgan fingerprint density at radius 3 is 1.80 bits per heavy atom. The number of esters is 1. The molecule has 0 fully saturated rings. The quantitative estimate of drug-likeness (QED) is 0.228. The Bertz CT molecular complexity index is 234. The number of unbranched alkanes of at least 4 members (excludes halogenated alkanes) is 11. The van der Waals surface area contributed by atoms with Gasteiger partial charge in [-0.05, 0) is 12.8 Å². The summed E-state index contributed by atoms with van der Waals surface area (Å²) < 4.78 is 4.82. The number of carbonyl (C=O) groups excluding carboxylic acids is 1. The van der Waals surface area contributed by atoms with Crippen LogP contribution in [0.15, 0.2) is 12.2 Å². The molecule has 0 spiro atoms. The van der Waals surface area contributed by atoms with E-state index in [-0.39, 0.29) is 5.97 Å². The summed E-state index contributed by atoms with van der Waals surface area (Å²) >= 11 is 0. The Hall–Kier alpha value is -0.790. The van der Waals surface area contributed by atoms with E-state index in [0.29, 0.717) is 6.61 Å². The molecule has 0 atom stereocenters. The molecule has 0 unspecified atom stereocenters. The lowest BCUT2D eigenvalue weighted by Crippen LogP contribution is -1.97. The minimum absolute atomic E-state index is 0.204. The lowest BCUT2D eigenvalue weighted by atomic mass is 10.1. The molecule has 0 aromatic carbocycles. The molecule has 0 aliphatic carbocycles. The molecule has 2 nitrogen and oxygen atoms in total. The van der Waals surface area contributed by atoms with E-state index in [2.05, 4.69) is 13.0 Å². The average molecular weight is 282 g/mol. The summed E-state index contributed by atoms with van der Waals surface area (Å²) in [4.78, 5) is 10.5. The molecule has 0 saturated heterocycles. The highest BCUT2D eigenvalue weighted by Crippen LogP contribution is 2.11. The van der Waals surface area contributed by atoms with Gasteiger partial charge in [0.2, 0.25) is 0 Å². The van der Waals surface area contributed by atoms with Gasteiger partial charge in [0, 0.05) is 6.92 Å². The van der Waals surface area contributed by atoms with Crippen molar-refractivity contribution in [2.45, 2.75) is 90.9 Å². The molecule has 0 aromatic heterocycles. The number of hydrogen-bond acceptors (Lipinski definition) is 2. The third kappa shape index (κ3) is 17.2. The summed E-state index contributed by atoms with van der Waals surface area (Å²) in [6.45, 7) is 4.14. The van der Waals surface area contributed by atoms with E-state index < -0.39 is 0 Å². The fraction of sp³-hybridized carbons (Fsp3) is 0.833. The molecule has 2 heteroatoms. The second-order valence-corrected chi connectivity index (χ2v) is 5.60. The largest absolute Gasteiger partial charge is 0.462 e. The van der Waals surface area contributed by atoms with E-state index in [4.69, 9.17) is 4.74 Å². The predicted molar refractivity (Wildman–Crippen MR) is 86.9 cm³/mol. The van der Waals surface area contributed by atoms with Gasteiger partial charge in [-0.3, -0.25) is 4.79 Å². The standard InChI is InChI=1S/C18H34O2/c1-3-4-5-6-7-8-9-10-11-12-13-14-15-16-17-20-18(2)19/h15-16H,3-14,17H2,1-2H3. The topological polar surface area (TPSA) is 26.3 Å². The second-order valence-electron chi connectivity index (χ2n) is 5.60. The number of ether oxygens (including phenoxy) is 1. The maximum atomic E-state index is 10.5. The molecule has 0 bridgehead atoms. The zero-order chi connectivity index (χ0) is 14.9. The van der Waals surface area contributed by atoms with Gasteiger partial charge in [-0.2, -0.15) is 0 Å². The Morgan fingerprint density at radius 2 is 1.30 bits per heavy atom. The average Bonchev–Trinajstić information content (AvgIpc) is 2.43. The fourth-order valence-corrected chi connectivity index (χ4v) is 2.28. The molecule has 0 rings (SSSR count). The Kier molecular flexibility index (Phi) is 15.6. The Morgan fingerprint density at radius 1 is 0.800 bits per heavy atom. The van der Waals surface area contributed by atoms with Crippen LogP contribution in [0.25, 0.3) is 0 Å². The summed E-state index contributed by atoms with van der Waals surface area (Å²) in [6.07, 6.45) is 20.4. The first kappa shape index (κ1) is 19.2. The van der Waals surface area contributed by atoms with Crippen LogP contribution in [0.1, 0.15) is 90.9 Å². The number of hydrogen-bond donors (Lipinski definition) is 0. The van der Waals surface area contributed by atoms with Crippen molar-refractivity contribution < 1.29 is 9.53 Å². The van der Waals surface area contributed by atoms with Gasteiger partial charge in [0.15, 0.2) is 0 Å².